The Labute approximate surface area is 305 Å². The molecular weight excluding hydrogens is 629 g/mol. The third-order valence-corrected chi connectivity index (χ3v) is 9.38. The molecule has 0 aromatic carbocycles. The molecule has 0 aromatic heterocycles. The van der Waals surface area contributed by atoms with Crippen molar-refractivity contribution < 1.29 is 29.0 Å². The second kappa shape index (κ2) is 37.5. The molecule has 6 N–H and O–H groups in total. The summed E-state index contributed by atoms with van der Waals surface area (Å²) in [6, 6.07) is 0. The van der Waals surface area contributed by atoms with E-state index in [0.29, 0.717) is 10.8 Å². The zero-order valence-electron chi connectivity index (χ0n) is 32.0. The van der Waals surface area contributed by atoms with E-state index in [-0.39, 0.29) is 0 Å². The number of hydrogen-bond donors (Lipinski definition) is 2. The molecule has 0 rings (SSSR count). The zero-order valence-corrected chi connectivity index (χ0v) is 32.8. The van der Waals surface area contributed by atoms with Gasteiger partial charge in [-0.25, -0.2) is 0 Å². The fourth-order valence-electron chi connectivity index (χ4n) is 6.78. The Morgan fingerprint density at radius 2 is 0.551 bits per heavy atom. The van der Waals surface area contributed by atoms with Crippen LogP contribution in [0.4, 0.5) is 0 Å². The molecule has 0 saturated carbocycles. The van der Waals surface area contributed by atoms with E-state index in [9.17, 15) is 0 Å². The van der Waals surface area contributed by atoms with Crippen LogP contribution in [0.2, 0.25) is 0 Å². The maximum atomic E-state index is 8.52. The first-order chi connectivity index (χ1) is 23.5. The molecule has 0 heterocycles. The summed E-state index contributed by atoms with van der Waals surface area (Å²) < 4.78 is 34.1. The zero-order chi connectivity index (χ0) is 37.5. The SMILES string of the molecule is C=CCC(CC=C)(CC=C)CCCCCCCCCCC[NH3+].C=CCC(CC=C)(CC=C)CCCCCCCCCCC[NH3+].O=S(=O)([O-])[O-]. The standard InChI is InChI=1S/2C21H39N.H2O4S/c2*1-4-16-21(17-5-2,18-6-3)19-14-12-10-8-7-9-11-13-15-20-22;1-5(2,3)4/h2*4-6H,1-3,7-20,22H2;(H2,1,2,3,4). The van der Waals surface area contributed by atoms with E-state index >= 15 is 0 Å². The van der Waals surface area contributed by atoms with E-state index in [2.05, 4.69) is 87.4 Å². The molecule has 0 spiro atoms. The molecule has 0 amide bonds. The first-order valence-corrected chi connectivity index (χ1v) is 20.7. The third-order valence-electron chi connectivity index (χ3n) is 9.38. The highest BCUT2D eigenvalue weighted by molar-refractivity contribution is 7.79. The molecule has 49 heavy (non-hydrogen) atoms. The van der Waals surface area contributed by atoms with Crippen molar-refractivity contribution in [3.05, 3.63) is 75.9 Å². The average Bonchev–Trinajstić information content (AvgIpc) is 3.03. The Morgan fingerprint density at radius 1 is 0.388 bits per heavy atom. The average molecular weight is 709 g/mol. The second-order valence-electron chi connectivity index (χ2n) is 13.9. The number of rotatable bonds is 34. The van der Waals surface area contributed by atoms with Gasteiger partial charge in [0, 0.05) is 10.4 Å². The Bertz CT molecular complexity index is 781. The minimum absolute atomic E-state index is 0.333. The number of allylic oxidation sites excluding steroid dienone is 6. The van der Waals surface area contributed by atoms with E-state index < -0.39 is 10.4 Å². The molecule has 0 aromatic rings. The fraction of sp³-hybridized carbons (Fsp3) is 0.714. The van der Waals surface area contributed by atoms with Gasteiger partial charge in [0.05, 0.1) is 13.1 Å². The van der Waals surface area contributed by atoms with Gasteiger partial charge in [-0.15, -0.1) is 39.5 Å². The van der Waals surface area contributed by atoms with Crippen molar-refractivity contribution in [1.82, 2.24) is 0 Å². The van der Waals surface area contributed by atoms with Gasteiger partial charge in [-0.2, -0.15) is 0 Å². The number of hydrogen-bond acceptors (Lipinski definition) is 4. The maximum Gasteiger partial charge on any atom is 0.0739 e. The van der Waals surface area contributed by atoms with Crippen molar-refractivity contribution in [3.63, 3.8) is 0 Å². The van der Waals surface area contributed by atoms with Crippen LogP contribution in [0.25, 0.3) is 0 Å². The lowest BCUT2D eigenvalue weighted by Gasteiger charge is -2.31. The van der Waals surface area contributed by atoms with Crippen LogP contribution in [-0.4, -0.2) is 30.6 Å². The van der Waals surface area contributed by atoms with E-state index in [4.69, 9.17) is 17.5 Å². The van der Waals surface area contributed by atoms with Gasteiger partial charge >= 0.3 is 0 Å². The fourth-order valence-corrected chi connectivity index (χ4v) is 6.78. The monoisotopic (exact) mass is 709 g/mol. The molecular formula is C42H80N2O4S. The van der Waals surface area contributed by atoms with Crippen LogP contribution in [0, 0.1) is 10.8 Å². The molecule has 7 heteroatoms. The van der Waals surface area contributed by atoms with E-state index in [1.165, 1.54) is 128 Å². The summed E-state index contributed by atoms with van der Waals surface area (Å²) in [6.45, 7) is 25.8. The summed E-state index contributed by atoms with van der Waals surface area (Å²) in [6.07, 6.45) is 46.2. The summed E-state index contributed by atoms with van der Waals surface area (Å²) in [5, 5.41) is 0. The van der Waals surface area contributed by atoms with Gasteiger partial charge < -0.3 is 20.6 Å². The molecule has 0 fully saturated rings. The first kappa shape index (κ1) is 51.6. The summed E-state index contributed by atoms with van der Waals surface area (Å²) in [7, 11) is -5.17. The molecule has 0 aliphatic rings. The molecule has 0 bridgehead atoms. The molecule has 0 aliphatic heterocycles. The Kier molecular flexibility index (Phi) is 39.5. The predicted molar refractivity (Wildman–Crippen MR) is 212 cm³/mol. The Balaban J connectivity index is -0.000000757. The topological polar surface area (TPSA) is 136 Å². The highest BCUT2D eigenvalue weighted by Gasteiger charge is 2.26. The van der Waals surface area contributed by atoms with Crippen LogP contribution in [0.15, 0.2) is 75.9 Å². The lowest BCUT2D eigenvalue weighted by Crippen LogP contribution is -2.50. The normalized spacial score (nSPS) is 11.3. The minimum atomic E-state index is -5.17. The molecule has 0 atom stereocenters. The Hall–Kier alpha value is -1.77. The van der Waals surface area contributed by atoms with E-state index in [1.807, 2.05) is 0 Å². The van der Waals surface area contributed by atoms with Gasteiger partial charge in [-0.1, -0.05) is 126 Å². The van der Waals surface area contributed by atoms with E-state index in [1.54, 1.807) is 0 Å². The lowest BCUT2D eigenvalue weighted by molar-refractivity contribution is -0.368. The van der Waals surface area contributed by atoms with Crippen molar-refractivity contribution in [3.8, 4) is 0 Å². The van der Waals surface area contributed by atoms with E-state index in [0.717, 1.165) is 51.6 Å². The summed E-state index contributed by atoms with van der Waals surface area (Å²) in [5.74, 6) is 0. The van der Waals surface area contributed by atoms with Crippen LogP contribution in [0.3, 0.4) is 0 Å². The highest BCUT2D eigenvalue weighted by Crippen LogP contribution is 2.39. The second-order valence-corrected chi connectivity index (χ2v) is 14.8. The lowest BCUT2D eigenvalue weighted by atomic mass is 9.74. The number of unbranched alkanes of at least 4 members (excludes halogenated alkanes) is 16. The van der Waals surface area contributed by atoms with Gasteiger partial charge in [0.25, 0.3) is 0 Å². The van der Waals surface area contributed by atoms with Crippen LogP contribution in [0.1, 0.15) is 167 Å². The van der Waals surface area contributed by atoms with Crippen molar-refractivity contribution in [1.29, 1.82) is 0 Å². The first-order valence-electron chi connectivity index (χ1n) is 19.4. The quantitative estimate of drug-likeness (QED) is 0.0297. The van der Waals surface area contributed by atoms with Gasteiger partial charge in [0.1, 0.15) is 0 Å². The van der Waals surface area contributed by atoms with Gasteiger partial charge in [0.15, 0.2) is 0 Å². The molecule has 6 nitrogen and oxygen atoms in total. The van der Waals surface area contributed by atoms with Gasteiger partial charge in [-0.3, -0.25) is 8.42 Å². The van der Waals surface area contributed by atoms with Crippen molar-refractivity contribution in [2.45, 2.75) is 167 Å². The molecule has 0 unspecified atom stereocenters. The van der Waals surface area contributed by atoms with Gasteiger partial charge in [0.2, 0.25) is 0 Å². The van der Waals surface area contributed by atoms with Gasteiger partial charge in [-0.05, 0) is 87.9 Å². The van der Waals surface area contributed by atoms with Crippen molar-refractivity contribution in [2.24, 2.45) is 10.8 Å². The molecule has 0 radical (unpaired) electrons. The largest absolute Gasteiger partial charge is 0.759 e. The number of quaternary nitrogens is 2. The predicted octanol–water partition coefficient (Wildman–Crippen LogP) is 10.3. The van der Waals surface area contributed by atoms with Crippen LogP contribution in [0.5, 0.6) is 0 Å². The van der Waals surface area contributed by atoms with Crippen LogP contribution >= 0.6 is 0 Å². The van der Waals surface area contributed by atoms with Crippen LogP contribution < -0.4 is 11.5 Å². The third kappa shape index (κ3) is 38.9. The molecule has 288 valence electrons. The smallest absolute Gasteiger partial charge is 0.0739 e. The molecule has 0 aliphatic carbocycles. The highest BCUT2D eigenvalue weighted by atomic mass is 32.3. The minimum Gasteiger partial charge on any atom is -0.759 e. The maximum absolute atomic E-state index is 8.52. The van der Waals surface area contributed by atoms with Crippen molar-refractivity contribution in [2.75, 3.05) is 13.1 Å². The molecule has 0 saturated heterocycles. The summed E-state index contributed by atoms with van der Waals surface area (Å²) in [4.78, 5) is 0. The Morgan fingerprint density at radius 3 is 0.714 bits per heavy atom. The van der Waals surface area contributed by atoms with Crippen molar-refractivity contribution >= 4 is 10.4 Å². The summed E-state index contributed by atoms with van der Waals surface area (Å²) >= 11 is 0. The van der Waals surface area contributed by atoms with Crippen LogP contribution in [-0.2, 0) is 10.4 Å². The summed E-state index contributed by atoms with van der Waals surface area (Å²) in [5.41, 5.74) is 8.45.